The van der Waals surface area contributed by atoms with E-state index in [1.54, 1.807) is 5.32 Å². The van der Waals surface area contributed by atoms with Crippen molar-refractivity contribution < 1.29 is 18.5 Å². The van der Waals surface area contributed by atoms with Crippen LogP contribution >= 0.6 is 0 Å². The molecule has 0 aromatic carbocycles. The number of carbonyl (C=O) groups is 1. The zero-order valence-electron chi connectivity index (χ0n) is 7.76. The number of carbonyl (C=O) groups excluding carboxylic acids is 1. The van der Waals surface area contributed by atoms with Gasteiger partial charge in [0.1, 0.15) is 12.4 Å². The van der Waals surface area contributed by atoms with Gasteiger partial charge in [-0.05, 0) is 4.92 Å². The number of nitrogens with zero attached hydrogens (tertiary/aromatic N) is 3. The Bertz CT molecular complexity index is 439. The molecule has 0 aliphatic heterocycles. The summed E-state index contributed by atoms with van der Waals surface area (Å²) in [4.78, 5) is 24.0. The summed E-state index contributed by atoms with van der Waals surface area (Å²) in [6.07, 6.45) is 0.489. The molecule has 0 bridgehead atoms. The fourth-order valence-electron chi connectivity index (χ4n) is 0.932. The van der Waals surface area contributed by atoms with Crippen molar-refractivity contribution in [3.05, 3.63) is 34.8 Å². The summed E-state index contributed by atoms with van der Waals surface area (Å²) >= 11 is 0. The van der Waals surface area contributed by atoms with Crippen molar-refractivity contribution in [2.75, 3.05) is 0 Å². The second kappa shape index (κ2) is 4.96. The molecule has 1 aromatic heterocycles. The number of hydrogen-bond acceptors (Lipinski definition) is 4. The Morgan fingerprint density at radius 2 is 2.38 bits per heavy atom. The lowest BCUT2D eigenvalue weighted by Crippen LogP contribution is -2.23. The first-order valence-electron chi connectivity index (χ1n) is 3.96. The molecule has 0 unspecified atom stereocenters. The third-order valence-electron chi connectivity index (χ3n) is 1.51. The Kier molecular flexibility index (Phi) is 3.64. The van der Waals surface area contributed by atoms with E-state index in [1.165, 1.54) is 6.20 Å². The predicted molar refractivity (Wildman–Crippen MR) is 47.3 cm³/mol. The van der Waals surface area contributed by atoms with Crippen molar-refractivity contribution in [3.8, 4) is 0 Å². The summed E-state index contributed by atoms with van der Waals surface area (Å²) in [6, 6.07) is 0. The monoisotopic (exact) mass is 232 g/mol. The molecule has 1 N–H and O–H groups in total. The van der Waals surface area contributed by atoms with Crippen LogP contribution in [0.15, 0.2) is 24.7 Å². The van der Waals surface area contributed by atoms with Crippen molar-refractivity contribution in [3.63, 3.8) is 0 Å². The fraction of sp³-hybridized carbons (Fsp3) is 0.143. The fourth-order valence-corrected chi connectivity index (χ4v) is 0.932. The Labute approximate surface area is 87.5 Å². The lowest BCUT2D eigenvalue weighted by atomic mass is 10.5. The largest absolute Gasteiger partial charge is 0.435 e. The highest BCUT2D eigenvalue weighted by atomic mass is 19.3. The second-order valence-electron chi connectivity index (χ2n) is 2.61. The molecule has 86 valence electrons. The van der Waals surface area contributed by atoms with Gasteiger partial charge in [-0.2, -0.15) is 8.78 Å². The van der Waals surface area contributed by atoms with Crippen molar-refractivity contribution in [2.24, 2.45) is 0 Å². The molecular weight excluding hydrogens is 226 g/mol. The molecule has 7 nitrogen and oxygen atoms in total. The Morgan fingerprint density at radius 1 is 1.69 bits per heavy atom. The topological polar surface area (TPSA) is 90.1 Å². The van der Waals surface area contributed by atoms with Gasteiger partial charge in [0.2, 0.25) is 0 Å². The summed E-state index contributed by atoms with van der Waals surface area (Å²) in [7, 11) is 0. The van der Waals surface area contributed by atoms with Crippen LogP contribution in [-0.2, 0) is 11.3 Å². The van der Waals surface area contributed by atoms with Gasteiger partial charge in [-0.25, -0.2) is 4.57 Å². The highest BCUT2D eigenvalue weighted by molar-refractivity contribution is 5.76. The van der Waals surface area contributed by atoms with Gasteiger partial charge in [0.15, 0.2) is 6.54 Å². The number of rotatable bonds is 4. The summed E-state index contributed by atoms with van der Waals surface area (Å²) < 4.78 is 24.1. The highest BCUT2D eigenvalue weighted by Gasteiger charge is 2.16. The third-order valence-corrected chi connectivity index (χ3v) is 1.51. The minimum absolute atomic E-state index is 0.213. The van der Waals surface area contributed by atoms with Crippen LogP contribution in [0.4, 0.5) is 14.7 Å². The predicted octanol–water partition coefficient (Wildman–Crippen LogP) is 0.645. The van der Waals surface area contributed by atoms with Crippen LogP contribution in [0, 0.1) is 10.1 Å². The third kappa shape index (κ3) is 3.12. The minimum atomic E-state index is -2.06. The molecule has 9 heteroatoms. The van der Waals surface area contributed by atoms with Crippen LogP contribution in [0.25, 0.3) is 0 Å². The molecule has 0 spiro atoms. The standard InChI is InChI=1S/C7H6F2N4O3/c8-5(9)3-11-6(14)4-12-2-1-10-7(12)13(15)16/h1-3H,4H2,(H,11,14). The van der Waals surface area contributed by atoms with E-state index in [-0.39, 0.29) is 6.20 Å². The highest BCUT2D eigenvalue weighted by Crippen LogP contribution is 2.06. The zero-order chi connectivity index (χ0) is 12.1. The second-order valence-corrected chi connectivity index (χ2v) is 2.61. The van der Waals surface area contributed by atoms with Crippen LogP contribution in [0.1, 0.15) is 0 Å². The van der Waals surface area contributed by atoms with Crippen LogP contribution in [0.5, 0.6) is 0 Å². The van der Waals surface area contributed by atoms with Crippen molar-refractivity contribution in [1.29, 1.82) is 0 Å². The van der Waals surface area contributed by atoms with Gasteiger partial charge in [-0.1, -0.05) is 4.98 Å². The minimum Gasteiger partial charge on any atom is -0.390 e. The smallest absolute Gasteiger partial charge is 0.390 e. The van der Waals surface area contributed by atoms with Crippen LogP contribution < -0.4 is 5.32 Å². The number of aromatic nitrogens is 2. The van der Waals surface area contributed by atoms with E-state index in [2.05, 4.69) is 4.98 Å². The first-order valence-corrected chi connectivity index (χ1v) is 3.96. The summed E-state index contributed by atoms with van der Waals surface area (Å²) in [5, 5.41) is 12.2. The quantitative estimate of drug-likeness (QED) is 0.609. The number of amides is 1. The molecular formula is C7H6F2N4O3. The van der Waals surface area contributed by atoms with E-state index >= 15 is 0 Å². The first-order chi connectivity index (χ1) is 7.50. The average molecular weight is 232 g/mol. The lowest BCUT2D eigenvalue weighted by molar-refractivity contribution is -0.396. The average Bonchev–Trinajstić information content (AvgIpc) is 2.62. The van der Waals surface area contributed by atoms with E-state index in [0.29, 0.717) is 0 Å². The maximum atomic E-state index is 11.6. The normalized spacial score (nSPS) is 9.62. The first kappa shape index (κ1) is 11.8. The van der Waals surface area contributed by atoms with Crippen LogP contribution in [-0.4, -0.2) is 20.4 Å². The summed E-state index contributed by atoms with van der Waals surface area (Å²) in [6.45, 7) is -0.458. The van der Waals surface area contributed by atoms with E-state index in [4.69, 9.17) is 0 Å². The van der Waals surface area contributed by atoms with Crippen molar-refractivity contribution >= 4 is 11.9 Å². The molecule has 0 atom stereocenters. The molecule has 0 radical (unpaired) electrons. The van der Waals surface area contributed by atoms with Gasteiger partial charge in [0.25, 0.3) is 12.0 Å². The van der Waals surface area contributed by atoms with Crippen LogP contribution in [0.3, 0.4) is 0 Å². The number of hydrogen-bond donors (Lipinski definition) is 1. The SMILES string of the molecule is O=C(Cn1ccnc1[N+](=O)[O-])NC=C(F)F. The Morgan fingerprint density at radius 3 is 2.94 bits per heavy atom. The Balaban J connectivity index is 2.66. The number of imidazole rings is 1. The van der Waals surface area contributed by atoms with E-state index < -0.39 is 29.4 Å². The van der Waals surface area contributed by atoms with Gasteiger partial charge >= 0.3 is 5.95 Å². The van der Waals surface area contributed by atoms with Gasteiger partial charge in [-0.3, -0.25) is 4.79 Å². The van der Waals surface area contributed by atoms with Gasteiger partial charge in [-0.15, -0.1) is 0 Å². The molecule has 0 saturated carbocycles. The van der Waals surface area contributed by atoms with E-state index in [1.807, 2.05) is 0 Å². The molecule has 1 heterocycles. The molecule has 0 fully saturated rings. The van der Waals surface area contributed by atoms with Crippen molar-refractivity contribution in [1.82, 2.24) is 14.9 Å². The number of nitrogens with one attached hydrogen (secondary N) is 1. The molecule has 1 amide bonds. The molecule has 0 aliphatic carbocycles. The van der Waals surface area contributed by atoms with Gasteiger partial charge in [0.05, 0.1) is 6.20 Å². The molecule has 1 aromatic rings. The maximum absolute atomic E-state index is 11.6. The van der Waals surface area contributed by atoms with Crippen LogP contribution in [0.2, 0.25) is 0 Å². The molecule has 0 aliphatic rings. The number of halogens is 2. The summed E-state index contributed by atoms with van der Waals surface area (Å²) in [5.74, 6) is -1.34. The van der Waals surface area contributed by atoms with Crippen molar-refractivity contribution in [2.45, 2.75) is 6.54 Å². The van der Waals surface area contributed by atoms with Gasteiger partial charge < -0.3 is 15.4 Å². The van der Waals surface area contributed by atoms with Gasteiger partial charge in [0, 0.05) is 0 Å². The Hall–Kier alpha value is -2.32. The maximum Gasteiger partial charge on any atom is 0.435 e. The molecule has 1 rings (SSSR count). The summed E-state index contributed by atoms with van der Waals surface area (Å²) in [5.41, 5.74) is 0. The van der Waals surface area contributed by atoms with E-state index in [9.17, 15) is 23.7 Å². The molecule has 16 heavy (non-hydrogen) atoms. The number of nitro groups is 1. The lowest BCUT2D eigenvalue weighted by Gasteiger charge is -2.00. The zero-order valence-corrected chi connectivity index (χ0v) is 7.76. The molecule has 0 saturated heterocycles. The van der Waals surface area contributed by atoms with E-state index in [0.717, 1.165) is 10.8 Å².